The van der Waals surface area contributed by atoms with Gasteiger partial charge in [0, 0.05) is 6.61 Å². The second-order valence-corrected chi connectivity index (χ2v) is 3.91. The van der Waals surface area contributed by atoms with Gasteiger partial charge < -0.3 is 14.9 Å². The highest BCUT2D eigenvalue weighted by atomic mass is 35.5. The number of ether oxygens (including phenoxy) is 1. The third-order valence-electron chi connectivity index (χ3n) is 2.28. The maximum atomic E-state index is 9.79. The number of halogens is 1. The second-order valence-electron chi connectivity index (χ2n) is 3.50. The van der Waals surface area contributed by atoms with Gasteiger partial charge in [0.05, 0.1) is 17.7 Å². The van der Waals surface area contributed by atoms with E-state index in [-0.39, 0.29) is 6.61 Å². The van der Waals surface area contributed by atoms with Gasteiger partial charge in [-0.15, -0.1) is 0 Å². The molecule has 2 N–H and O–H groups in total. The molecule has 0 fully saturated rings. The molecule has 0 saturated heterocycles. The van der Waals surface area contributed by atoms with E-state index in [1.807, 2.05) is 6.92 Å². The SMILES string of the molecule is CCOc1ccc(C(O)CCCO)cc1Cl. The summed E-state index contributed by atoms with van der Waals surface area (Å²) in [6, 6.07) is 5.25. The molecule has 0 spiro atoms. The molecule has 1 unspecified atom stereocenters. The van der Waals surface area contributed by atoms with Crippen molar-refractivity contribution in [3.05, 3.63) is 28.8 Å². The molecule has 0 radical (unpaired) electrons. The third kappa shape index (κ3) is 3.67. The predicted octanol–water partition coefficient (Wildman–Crippen LogP) is 2.54. The van der Waals surface area contributed by atoms with E-state index in [4.69, 9.17) is 21.4 Å². The van der Waals surface area contributed by atoms with Gasteiger partial charge in [-0.25, -0.2) is 0 Å². The summed E-state index contributed by atoms with van der Waals surface area (Å²) >= 11 is 6.00. The first-order chi connectivity index (χ1) is 7.69. The molecule has 3 nitrogen and oxygen atoms in total. The van der Waals surface area contributed by atoms with Crippen LogP contribution >= 0.6 is 11.6 Å². The van der Waals surface area contributed by atoms with Crippen LogP contribution in [0.1, 0.15) is 31.4 Å². The molecular formula is C12H17ClO3. The Balaban J connectivity index is 2.71. The van der Waals surface area contributed by atoms with Crippen molar-refractivity contribution in [2.45, 2.75) is 25.9 Å². The fraction of sp³-hybridized carbons (Fsp3) is 0.500. The van der Waals surface area contributed by atoms with E-state index < -0.39 is 6.10 Å². The smallest absolute Gasteiger partial charge is 0.137 e. The van der Waals surface area contributed by atoms with Crippen molar-refractivity contribution in [3.63, 3.8) is 0 Å². The molecule has 16 heavy (non-hydrogen) atoms. The van der Waals surface area contributed by atoms with E-state index >= 15 is 0 Å². The highest BCUT2D eigenvalue weighted by Gasteiger charge is 2.09. The lowest BCUT2D eigenvalue weighted by Crippen LogP contribution is -2.00. The fourth-order valence-corrected chi connectivity index (χ4v) is 1.69. The Labute approximate surface area is 101 Å². The predicted molar refractivity (Wildman–Crippen MR) is 63.9 cm³/mol. The average Bonchev–Trinajstić information content (AvgIpc) is 2.29. The van der Waals surface area contributed by atoms with Gasteiger partial charge in [-0.05, 0) is 37.5 Å². The van der Waals surface area contributed by atoms with E-state index in [1.54, 1.807) is 18.2 Å². The van der Waals surface area contributed by atoms with Gasteiger partial charge in [0.1, 0.15) is 5.75 Å². The van der Waals surface area contributed by atoms with Crippen LogP contribution in [0.15, 0.2) is 18.2 Å². The number of rotatable bonds is 6. The van der Waals surface area contributed by atoms with Gasteiger partial charge in [0.15, 0.2) is 0 Å². The number of hydrogen-bond donors (Lipinski definition) is 2. The molecule has 0 aliphatic rings. The number of benzene rings is 1. The monoisotopic (exact) mass is 244 g/mol. The first-order valence-electron chi connectivity index (χ1n) is 5.40. The van der Waals surface area contributed by atoms with E-state index in [0.29, 0.717) is 30.2 Å². The summed E-state index contributed by atoms with van der Waals surface area (Å²) in [6.07, 6.45) is 0.521. The minimum atomic E-state index is -0.583. The van der Waals surface area contributed by atoms with Crippen molar-refractivity contribution >= 4 is 11.6 Å². The number of hydrogen-bond acceptors (Lipinski definition) is 3. The molecule has 0 aliphatic heterocycles. The lowest BCUT2D eigenvalue weighted by molar-refractivity contribution is 0.151. The molecule has 4 heteroatoms. The summed E-state index contributed by atoms with van der Waals surface area (Å²) in [5.74, 6) is 0.627. The Morgan fingerprint density at radius 3 is 2.75 bits per heavy atom. The molecule has 0 aliphatic carbocycles. The lowest BCUT2D eigenvalue weighted by atomic mass is 10.1. The van der Waals surface area contributed by atoms with E-state index in [0.717, 1.165) is 5.56 Å². The maximum Gasteiger partial charge on any atom is 0.137 e. The van der Waals surface area contributed by atoms with Crippen molar-refractivity contribution in [3.8, 4) is 5.75 Å². The summed E-state index contributed by atoms with van der Waals surface area (Å²) in [7, 11) is 0. The standard InChI is InChI=1S/C12H17ClO3/c1-2-16-12-6-5-9(8-10(12)13)11(15)4-3-7-14/h5-6,8,11,14-15H,2-4,7H2,1H3. The first-order valence-corrected chi connectivity index (χ1v) is 5.78. The van der Waals surface area contributed by atoms with E-state index in [1.165, 1.54) is 0 Å². The summed E-state index contributed by atoms with van der Waals surface area (Å²) in [4.78, 5) is 0. The highest BCUT2D eigenvalue weighted by molar-refractivity contribution is 6.32. The Morgan fingerprint density at radius 2 is 2.19 bits per heavy atom. The Morgan fingerprint density at radius 1 is 1.44 bits per heavy atom. The third-order valence-corrected chi connectivity index (χ3v) is 2.57. The molecule has 0 amide bonds. The minimum Gasteiger partial charge on any atom is -0.492 e. The van der Waals surface area contributed by atoms with Crippen LogP contribution in [0, 0.1) is 0 Å². The maximum absolute atomic E-state index is 9.79. The molecule has 0 saturated carbocycles. The Bertz CT molecular complexity index is 328. The largest absolute Gasteiger partial charge is 0.492 e. The molecule has 1 aromatic rings. The van der Waals surface area contributed by atoms with Crippen molar-refractivity contribution in [2.75, 3.05) is 13.2 Å². The topological polar surface area (TPSA) is 49.7 Å². The van der Waals surface area contributed by atoms with Gasteiger partial charge in [-0.2, -0.15) is 0 Å². The van der Waals surface area contributed by atoms with Gasteiger partial charge in [0.25, 0.3) is 0 Å². The zero-order chi connectivity index (χ0) is 12.0. The summed E-state index contributed by atoms with van der Waals surface area (Å²) in [5.41, 5.74) is 0.752. The fourth-order valence-electron chi connectivity index (χ4n) is 1.45. The number of aliphatic hydroxyl groups excluding tert-OH is 2. The van der Waals surface area contributed by atoms with Crippen molar-refractivity contribution in [2.24, 2.45) is 0 Å². The Kier molecular flexibility index (Phi) is 5.60. The molecule has 90 valence electrons. The number of aliphatic hydroxyl groups is 2. The van der Waals surface area contributed by atoms with Crippen LogP contribution in [0.3, 0.4) is 0 Å². The van der Waals surface area contributed by atoms with Crippen LogP contribution in [0.5, 0.6) is 5.75 Å². The molecule has 0 aromatic heterocycles. The molecular weight excluding hydrogens is 228 g/mol. The molecule has 0 heterocycles. The Hall–Kier alpha value is -0.770. The first kappa shape index (κ1) is 13.3. The summed E-state index contributed by atoms with van der Waals surface area (Å²) in [5, 5.41) is 19.0. The molecule has 1 atom stereocenters. The van der Waals surface area contributed by atoms with Crippen LogP contribution < -0.4 is 4.74 Å². The van der Waals surface area contributed by atoms with Crippen LogP contribution in [-0.2, 0) is 0 Å². The van der Waals surface area contributed by atoms with Crippen LogP contribution in [0.2, 0.25) is 5.02 Å². The van der Waals surface area contributed by atoms with Gasteiger partial charge in [-0.3, -0.25) is 0 Å². The minimum absolute atomic E-state index is 0.0851. The van der Waals surface area contributed by atoms with Crippen LogP contribution in [0.25, 0.3) is 0 Å². The summed E-state index contributed by atoms with van der Waals surface area (Å²) < 4.78 is 5.30. The zero-order valence-electron chi connectivity index (χ0n) is 9.32. The highest BCUT2D eigenvalue weighted by Crippen LogP contribution is 2.29. The lowest BCUT2D eigenvalue weighted by Gasteiger charge is -2.12. The van der Waals surface area contributed by atoms with Crippen LogP contribution in [-0.4, -0.2) is 23.4 Å². The van der Waals surface area contributed by atoms with Crippen molar-refractivity contribution in [1.82, 2.24) is 0 Å². The molecule has 1 rings (SSSR count). The van der Waals surface area contributed by atoms with Gasteiger partial charge in [-0.1, -0.05) is 17.7 Å². The normalized spacial score (nSPS) is 12.5. The van der Waals surface area contributed by atoms with Gasteiger partial charge >= 0.3 is 0 Å². The van der Waals surface area contributed by atoms with Crippen LogP contribution in [0.4, 0.5) is 0 Å². The average molecular weight is 245 g/mol. The van der Waals surface area contributed by atoms with Crippen molar-refractivity contribution < 1.29 is 14.9 Å². The quantitative estimate of drug-likeness (QED) is 0.809. The molecule has 1 aromatic carbocycles. The summed E-state index contributed by atoms with van der Waals surface area (Å²) in [6.45, 7) is 2.54. The molecule has 0 bridgehead atoms. The van der Waals surface area contributed by atoms with Crippen molar-refractivity contribution in [1.29, 1.82) is 0 Å². The second kappa shape index (κ2) is 6.74. The zero-order valence-corrected chi connectivity index (χ0v) is 10.1. The van der Waals surface area contributed by atoms with E-state index in [2.05, 4.69) is 0 Å². The van der Waals surface area contributed by atoms with Gasteiger partial charge in [0.2, 0.25) is 0 Å². The van der Waals surface area contributed by atoms with E-state index in [9.17, 15) is 5.11 Å².